The average Bonchev–Trinajstić information content (AvgIpc) is 1.83. The van der Waals surface area contributed by atoms with Crippen LogP contribution in [0.3, 0.4) is 0 Å². The second-order valence-corrected chi connectivity index (χ2v) is 4.84. The molecule has 0 saturated carbocycles. The predicted molar refractivity (Wildman–Crippen MR) is 56.1 cm³/mol. The molecule has 0 unspecified atom stereocenters. The molecule has 0 aromatic rings. The van der Waals surface area contributed by atoms with Crippen LogP contribution in [0.25, 0.3) is 0 Å². The fraction of sp³-hybridized carbons (Fsp3) is 0.818. The van der Waals surface area contributed by atoms with Gasteiger partial charge in [0.25, 0.3) is 0 Å². The molecule has 1 nitrogen and oxygen atoms in total. The third-order valence-corrected chi connectivity index (χ3v) is 2.12. The van der Waals surface area contributed by atoms with Crippen molar-refractivity contribution in [2.75, 3.05) is 21.1 Å². The van der Waals surface area contributed by atoms with Crippen LogP contribution in [0.4, 0.5) is 0 Å². The van der Waals surface area contributed by atoms with Crippen molar-refractivity contribution < 1.29 is 28.5 Å². The highest BCUT2D eigenvalue weighted by Gasteiger charge is 2.21. The summed E-state index contributed by atoms with van der Waals surface area (Å²) in [6.45, 7) is 6.67. The van der Waals surface area contributed by atoms with Gasteiger partial charge in [-0.3, -0.25) is 0 Å². The Morgan fingerprint density at radius 2 is 1.62 bits per heavy atom. The van der Waals surface area contributed by atoms with Crippen LogP contribution in [0.5, 0.6) is 0 Å². The minimum Gasteiger partial charge on any atom is -1.00 e. The molecular formula is C11H24IN. The van der Waals surface area contributed by atoms with E-state index in [9.17, 15) is 0 Å². The molecule has 0 heterocycles. The Morgan fingerprint density at radius 1 is 1.15 bits per heavy atom. The normalized spacial score (nSPS) is 14.7. The van der Waals surface area contributed by atoms with E-state index in [2.05, 4.69) is 54.1 Å². The van der Waals surface area contributed by atoms with Gasteiger partial charge in [-0.1, -0.05) is 19.9 Å². The summed E-state index contributed by atoms with van der Waals surface area (Å²) in [5.41, 5.74) is 0. The van der Waals surface area contributed by atoms with Crippen molar-refractivity contribution in [2.45, 2.75) is 33.2 Å². The van der Waals surface area contributed by atoms with Crippen molar-refractivity contribution in [1.29, 1.82) is 0 Å². The molecule has 0 fully saturated rings. The minimum atomic E-state index is 0. The molecule has 0 aliphatic rings. The molecule has 0 bridgehead atoms. The van der Waals surface area contributed by atoms with E-state index in [0.717, 1.165) is 10.4 Å². The van der Waals surface area contributed by atoms with E-state index in [-0.39, 0.29) is 24.0 Å². The maximum absolute atomic E-state index is 2.32. The summed E-state index contributed by atoms with van der Waals surface area (Å²) >= 11 is 0. The second kappa shape index (κ2) is 6.82. The molecule has 0 rings (SSSR count). The van der Waals surface area contributed by atoms with Crippen LogP contribution in [0.1, 0.15) is 27.2 Å². The fourth-order valence-electron chi connectivity index (χ4n) is 1.36. The molecule has 0 spiro atoms. The molecule has 0 aromatic carbocycles. The number of likely N-dealkylation sites (N-methyl/N-ethyl adjacent to an activating group) is 1. The smallest absolute Gasteiger partial charge is 0.107 e. The number of hydrogen-bond acceptors (Lipinski definition) is 0. The Labute approximate surface area is 101 Å². The van der Waals surface area contributed by atoms with Crippen LogP contribution in [0.15, 0.2) is 12.2 Å². The zero-order valence-electron chi connectivity index (χ0n) is 9.84. The second-order valence-electron chi connectivity index (χ2n) is 4.84. The quantitative estimate of drug-likeness (QED) is 0.379. The summed E-state index contributed by atoms with van der Waals surface area (Å²) in [5.74, 6) is 0.781. The summed E-state index contributed by atoms with van der Waals surface area (Å²) in [6.07, 6.45) is 5.75. The number of rotatable bonds is 4. The SMILES string of the molecule is C/C=C\[C@H](CC(C)C)[N+](C)(C)C.[I-]. The first-order valence-electron chi connectivity index (χ1n) is 4.82. The first-order chi connectivity index (χ1) is 5.38. The largest absolute Gasteiger partial charge is 1.00 e. The molecule has 0 saturated heterocycles. The lowest BCUT2D eigenvalue weighted by molar-refractivity contribution is -0.889. The van der Waals surface area contributed by atoms with Gasteiger partial charge in [0.1, 0.15) is 6.04 Å². The maximum Gasteiger partial charge on any atom is 0.107 e. The number of quaternary nitrogens is 1. The highest BCUT2D eigenvalue weighted by Crippen LogP contribution is 2.14. The Hall–Kier alpha value is 0.430. The van der Waals surface area contributed by atoms with E-state index >= 15 is 0 Å². The lowest BCUT2D eigenvalue weighted by Crippen LogP contribution is -3.00. The molecule has 2 heteroatoms. The zero-order valence-corrected chi connectivity index (χ0v) is 12.0. The lowest BCUT2D eigenvalue weighted by Gasteiger charge is -2.33. The number of hydrogen-bond donors (Lipinski definition) is 0. The van der Waals surface area contributed by atoms with Crippen molar-refractivity contribution in [3.8, 4) is 0 Å². The molecule has 0 radical (unpaired) electrons. The van der Waals surface area contributed by atoms with Gasteiger partial charge in [0.2, 0.25) is 0 Å². The predicted octanol–water partition coefficient (Wildman–Crippen LogP) is -0.313. The Morgan fingerprint density at radius 3 is 1.85 bits per heavy atom. The van der Waals surface area contributed by atoms with Gasteiger partial charge in [-0.15, -0.1) is 0 Å². The van der Waals surface area contributed by atoms with Gasteiger partial charge in [0.05, 0.1) is 21.1 Å². The van der Waals surface area contributed by atoms with E-state index in [0.29, 0.717) is 6.04 Å². The van der Waals surface area contributed by atoms with E-state index in [1.54, 1.807) is 0 Å². The van der Waals surface area contributed by atoms with Crippen molar-refractivity contribution in [1.82, 2.24) is 0 Å². The van der Waals surface area contributed by atoms with E-state index < -0.39 is 0 Å². The van der Waals surface area contributed by atoms with Crippen LogP contribution in [-0.2, 0) is 0 Å². The van der Waals surface area contributed by atoms with E-state index in [1.807, 2.05) is 0 Å². The Balaban J connectivity index is 0. The standard InChI is InChI=1S/C11H24N.HI/c1-7-8-11(9-10(2)3)12(4,5)6;/h7-8,10-11H,9H2,1-6H3;1H/q+1;/p-1/b8-7-;/t11-;/m1./s1. The molecular weight excluding hydrogens is 273 g/mol. The first-order valence-corrected chi connectivity index (χ1v) is 4.82. The van der Waals surface area contributed by atoms with Gasteiger partial charge in [0.15, 0.2) is 0 Å². The molecule has 13 heavy (non-hydrogen) atoms. The van der Waals surface area contributed by atoms with Gasteiger partial charge in [-0.25, -0.2) is 0 Å². The average molecular weight is 297 g/mol. The van der Waals surface area contributed by atoms with Crippen LogP contribution in [0, 0.1) is 5.92 Å². The number of nitrogens with zero attached hydrogens (tertiary/aromatic N) is 1. The van der Waals surface area contributed by atoms with Crippen LogP contribution >= 0.6 is 0 Å². The monoisotopic (exact) mass is 297 g/mol. The summed E-state index contributed by atoms with van der Waals surface area (Å²) in [5, 5.41) is 0. The van der Waals surface area contributed by atoms with Gasteiger partial charge in [0, 0.05) is 6.42 Å². The molecule has 0 aromatic heterocycles. The third-order valence-electron chi connectivity index (χ3n) is 2.12. The van der Waals surface area contributed by atoms with Crippen molar-refractivity contribution in [3.63, 3.8) is 0 Å². The van der Waals surface area contributed by atoms with Crippen LogP contribution < -0.4 is 24.0 Å². The highest BCUT2D eigenvalue weighted by molar-refractivity contribution is 4.87. The summed E-state index contributed by atoms with van der Waals surface area (Å²) in [4.78, 5) is 0. The Bertz CT molecular complexity index is 145. The van der Waals surface area contributed by atoms with Gasteiger partial charge in [-0.05, 0) is 18.9 Å². The first kappa shape index (κ1) is 15.9. The van der Waals surface area contributed by atoms with Crippen LogP contribution in [0.2, 0.25) is 0 Å². The molecule has 1 atom stereocenters. The molecule has 0 N–H and O–H groups in total. The molecule has 0 aliphatic heterocycles. The summed E-state index contributed by atoms with van der Waals surface area (Å²) in [7, 11) is 6.77. The maximum atomic E-state index is 2.32. The minimum absolute atomic E-state index is 0. The van der Waals surface area contributed by atoms with Crippen molar-refractivity contribution in [3.05, 3.63) is 12.2 Å². The molecule has 0 amide bonds. The zero-order chi connectivity index (χ0) is 9.78. The summed E-state index contributed by atoms with van der Waals surface area (Å²) < 4.78 is 1.03. The number of halogens is 1. The van der Waals surface area contributed by atoms with Gasteiger partial charge in [-0.2, -0.15) is 0 Å². The molecule has 80 valence electrons. The third kappa shape index (κ3) is 7.50. The van der Waals surface area contributed by atoms with Gasteiger partial charge >= 0.3 is 0 Å². The van der Waals surface area contributed by atoms with E-state index in [4.69, 9.17) is 0 Å². The summed E-state index contributed by atoms with van der Waals surface area (Å²) in [6, 6.07) is 0.662. The van der Waals surface area contributed by atoms with Crippen molar-refractivity contribution in [2.24, 2.45) is 5.92 Å². The molecule has 0 aliphatic carbocycles. The van der Waals surface area contributed by atoms with Crippen LogP contribution in [-0.4, -0.2) is 31.7 Å². The van der Waals surface area contributed by atoms with Gasteiger partial charge < -0.3 is 28.5 Å². The Kier molecular flexibility index (Phi) is 8.33. The lowest BCUT2D eigenvalue weighted by atomic mass is 10.0. The van der Waals surface area contributed by atoms with Crippen molar-refractivity contribution >= 4 is 0 Å². The topological polar surface area (TPSA) is 0 Å². The van der Waals surface area contributed by atoms with E-state index in [1.165, 1.54) is 6.42 Å². The number of allylic oxidation sites excluding steroid dienone is 1. The fourth-order valence-corrected chi connectivity index (χ4v) is 1.36. The highest BCUT2D eigenvalue weighted by atomic mass is 127.